The normalized spacial score (nSPS) is 19.8. The number of imidazole rings is 1. The average molecular weight is 259 g/mol. The zero-order valence-corrected chi connectivity index (χ0v) is 10.7. The summed E-state index contributed by atoms with van der Waals surface area (Å²) in [5.41, 5.74) is 1.87. The maximum atomic E-state index is 11.2. The van der Waals surface area contributed by atoms with E-state index in [0.717, 1.165) is 30.6 Å². The van der Waals surface area contributed by atoms with Crippen molar-refractivity contribution in [1.29, 1.82) is 0 Å². The topological polar surface area (TPSA) is 57.8 Å². The molecule has 1 amide bonds. The van der Waals surface area contributed by atoms with Crippen molar-refractivity contribution in [2.75, 3.05) is 6.54 Å². The number of rotatable bonds is 2. The number of hydrogen-bond acceptors (Lipinski definition) is 2. The lowest BCUT2D eigenvalue weighted by atomic mass is 9.99. The van der Waals surface area contributed by atoms with E-state index in [1.807, 2.05) is 35.0 Å². The number of carboxylic acid groups (broad SMARTS) is 1. The molecule has 2 aromatic rings. The van der Waals surface area contributed by atoms with Crippen molar-refractivity contribution in [3.63, 3.8) is 0 Å². The van der Waals surface area contributed by atoms with Crippen LogP contribution in [0.1, 0.15) is 25.0 Å². The maximum absolute atomic E-state index is 11.2. The Hall–Kier alpha value is -2.04. The van der Waals surface area contributed by atoms with Gasteiger partial charge in [-0.05, 0) is 31.4 Å². The second kappa shape index (κ2) is 4.91. The van der Waals surface area contributed by atoms with Gasteiger partial charge in [-0.1, -0.05) is 6.07 Å². The second-order valence-corrected chi connectivity index (χ2v) is 5.03. The molecule has 19 heavy (non-hydrogen) atoms. The highest BCUT2D eigenvalue weighted by atomic mass is 16.4. The first-order valence-electron chi connectivity index (χ1n) is 6.66. The molecule has 1 unspecified atom stereocenters. The molecule has 1 aliphatic rings. The van der Waals surface area contributed by atoms with Crippen LogP contribution >= 0.6 is 0 Å². The molecule has 1 aliphatic heterocycles. The molecule has 0 aromatic carbocycles. The van der Waals surface area contributed by atoms with E-state index >= 15 is 0 Å². The molecule has 0 radical (unpaired) electrons. The number of piperidine rings is 1. The molecular formula is C14H17N3O2. The minimum absolute atomic E-state index is 0.0659. The number of likely N-dealkylation sites (tertiary alicyclic amines) is 1. The van der Waals surface area contributed by atoms with E-state index in [2.05, 4.69) is 4.98 Å². The van der Waals surface area contributed by atoms with E-state index in [9.17, 15) is 9.90 Å². The minimum atomic E-state index is -0.812. The third kappa shape index (κ3) is 2.41. The molecular weight excluding hydrogens is 242 g/mol. The van der Waals surface area contributed by atoms with E-state index in [1.54, 1.807) is 4.90 Å². The zero-order valence-electron chi connectivity index (χ0n) is 10.7. The molecule has 1 saturated heterocycles. The van der Waals surface area contributed by atoms with Crippen LogP contribution in [0.3, 0.4) is 0 Å². The number of hydrogen-bond donors (Lipinski definition) is 1. The molecule has 100 valence electrons. The Balaban J connectivity index is 1.80. The lowest BCUT2D eigenvalue weighted by Crippen LogP contribution is -2.44. The SMILES string of the molecule is O=C(O)N1CCCCC1Cc1cn2ccccc2n1. The predicted molar refractivity (Wildman–Crippen MR) is 71.3 cm³/mol. The Morgan fingerprint density at radius 1 is 1.42 bits per heavy atom. The Morgan fingerprint density at radius 3 is 3.11 bits per heavy atom. The van der Waals surface area contributed by atoms with E-state index < -0.39 is 6.09 Å². The maximum Gasteiger partial charge on any atom is 0.407 e. The van der Waals surface area contributed by atoms with Crippen molar-refractivity contribution < 1.29 is 9.90 Å². The molecule has 1 N–H and O–H groups in total. The fourth-order valence-corrected chi connectivity index (χ4v) is 2.79. The van der Waals surface area contributed by atoms with E-state index in [4.69, 9.17) is 0 Å². The Kier molecular flexibility index (Phi) is 3.11. The highest BCUT2D eigenvalue weighted by Gasteiger charge is 2.27. The van der Waals surface area contributed by atoms with Crippen LogP contribution < -0.4 is 0 Å². The van der Waals surface area contributed by atoms with E-state index in [0.29, 0.717) is 13.0 Å². The van der Waals surface area contributed by atoms with Gasteiger partial charge in [0, 0.05) is 31.4 Å². The van der Waals surface area contributed by atoms with Crippen LogP contribution in [0.2, 0.25) is 0 Å². The summed E-state index contributed by atoms with van der Waals surface area (Å²) in [4.78, 5) is 17.3. The summed E-state index contributed by atoms with van der Waals surface area (Å²) in [6.07, 6.45) is 6.84. The number of fused-ring (bicyclic) bond motifs is 1. The number of amides is 1. The lowest BCUT2D eigenvalue weighted by Gasteiger charge is -2.33. The average Bonchev–Trinajstić information content (AvgIpc) is 2.81. The van der Waals surface area contributed by atoms with Crippen LogP contribution in [0.15, 0.2) is 30.6 Å². The monoisotopic (exact) mass is 259 g/mol. The summed E-state index contributed by atoms with van der Waals surface area (Å²) in [6.45, 7) is 0.646. The largest absolute Gasteiger partial charge is 0.465 e. The van der Waals surface area contributed by atoms with Crippen molar-refractivity contribution in [2.45, 2.75) is 31.7 Å². The smallest absolute Gasteiger partial charge is 0.407 e. The van der Waals surface area contributed by atoms with Gasteiger partial charge in [0.25, 0.3) is 0 Å². The van der Waals surface area contributed by atoms with Crippen molar-refractivity contribution in [3.05, 3.63) is 36.3 Å². The van der Waals surface area contributed by atoms with Crippen LogP contribution in [0, 0.1) is 0 Å². The summed E-state index contributed by atoms with van der Waals surface area (Å²) < 4.78 is 1.98. The third-order valence-corrected chi connectivity index (χ3v) is 3.73. The zero-order chi connectivity index (χ0) is 13.2. The summed E-state index contributed by atoms with van der Waals surface area (Å²) in [5, 5.41) is 9.23. The molecule has 0 spiro atoms. The van der Waals surface area contributed by atoms with Gasteiger partial charge in [0.2, 0.25) is 0 Å². The van der Waals surface area contributed by atoms with Gasteiger partial charge in [0.1, 0.15) is 5.65 Å². The third-order valence-electron chi connectivity index (χ3n) is 3.73. The van der Waals surface area contributed by atoms with Crippen LogP contribution in [0.5, 0.6) is 0 Å². The van der Waals surface area contributed by atoms with Crippen LogP contribution in [0.4, 0.5) is 4.79 Å². The Labute approximate surface area is 111 Å². The molecule has 2 aromatic heterocycles. The molecule has 0 saturated carbocycles. The van der Waals surface area contributed by atoms with Gasteiger partial charge in [0.05, 0.1) is 5.69 Å². The van der Waals surface area contributed by atoms with Gasteiger partial charge in [-0.25, -0.2) is 9.78 Å². The number of nitrogens with zero attached hydrogens (tertiary/aromatic N) is 3. The Morgan fingerprint density at radius 2 is 2.32 bits per heavy atom. The van der Waals surface area contributed by atoms with Gasteiger partial charge in [-0.15, -0.1) is 0 Å². The van der Waals surface area contributed by atoms with Gasteiger partial charge in [-0.2, -0.15) is 0 Å². The highest BCUT2D eigenvalue weighted by Crippen LogP contribution is 2.20. The summed E-state index contributed by atoms with van der Waals surface area (Å²) in [6, 6.07) is 5.94. The molecule has 1 fully saturated rings. The fraction of sp³-hybridized carbons (Fsp3) is 0.429. The molecule has 3 rings (SSSR count). The standard InChI is InChI=1S/C14H17N3O2/c18-14(19)17-8-4-1-5-12(17)9-11-10-16-7-3-2-6-13(16)15-11/h2-3,6-7,10,12H,1,4-5,8-9H2,(H,18,19). The number of aromatic nitrogens is 2. The van der Waals surface area contributed by atoms with Crippen LogP contribution in [-0.4, -0.2) is 38.1 Å². The van der Waals surface area contributed by atoms with E-state index in [1.165, 1.54) is 0 Å². The molecule has 5 nitrogen and oxygen atoms in total. The first-order valence-corrected chi connectivity index (χ1v) is 6.66. The van der Waals surface area contributed by atoms with Crippen molar-refractivity contribution in [1.82, 2.24) is 14.3 Å². The quantitative estimate of drug-likeness (QED) is 0.901. The highest BCUT2D eigenvalue weighted by molar-refractivity contribution is 5.65. The molecule has 0 aliphatic carbocycles. The van der Waals surface area contributed by atoms with Crippen molar-refractivity contribution >= 4 is 11.7 Å². The summed E-state index contributed by atoms with van der Waals surface area (Å²) >= 11 is 0. The first kappa shape index (κ1) is 12.0. The first-order chi connectivity index (χ1) is 9.24. The molecule has 1 atom stereocenters. The number of pyridine rings is 1. The Bertz CT molecular complexity index is 560. The summed E-state index contributed by atoms with van der Waals surface area (Å²) in [7, 11) is 0. The number of carbonyl (C=O) groups is 1. The van der Waals surface area contributed by atoms with Crippen molar-refractivity contribution in [2.24, 2.45) is 0 Å². The van der Waals surface area contributed by atoms with Crippen molar-refractivity contribution in [3.8, 4) is 0 Å². The second-order valence-electron chi connectivity index (χ2n) is 5.03. The fourth-order valence-electron chi connectivity index (χ4n) is 2.79. The molecule has 5 heteroatoms. The molecule has 0 bridgehead atoms. The predicted octanol–water partition coefficient (Wildman–Crippen LogP) is 2.41. The minimum Gasteiger partial charge on any atom is -0.465 e. The van der Waals surface area contributed by atoms with Gasteiger partial charge in [-0.3, -0.25) is 0 Å². The van der Waals surface area contributed by atoms with Gasteiger partial charge < -0.3 is 14.4 Å². The van der Waals surface area contributed by atoms with E-state index in [-0.39, 0.29) is 6.04 Å². The van der Waals surface area contributed by atoms with Crippen LogP contribution in [-0.2, 0) is 6.42 Å². The lowest BCUT2D eigenvalue weighted by molar-refractivity contribution is 0.106. The van der Waals surface area contributed by atoms with Gasteiger partial charge >= 0.3 is 6.09 Å². The summed E-state index contributed by atoms with van der Waals surface area (Å²) in [5.74, 6) is 0. The molecule has 3 heterocycles. The van der Waals surface area contributed by atoms with Crippen LogP contribution in [0.25, 0.3) is 5.65 Å². The van der Waals surface area contributed by atoms with Gasteiger partial charge in [0.15, 0.2) is 0 Å².